The molecule has 7 nitrogen and oxygen atoms in total. The van der Waals surface area contributed by atoms with E-state index in [1.54, 1.807) is 6.20 Å². The van der Waals surface area contributed by atoms with Gasteiger partial charge in [-0.2, -0.15) is 4.98 Å². The minimum atomic E-state index is 0.134. The van der Waals surface area contributed by atoms with Crippen molar-refractivity contribution in [3.63, 3.8) is 0 Å². The van der Waals surface area contributed by atoms with E-state index in [1.165, 1.54) is 5.56 Å². The molecule has 28 heavy (non-hydrogen) atoms. The number of likely N-dealkylation sites (tertiary alicyclic amines) is 1. The number of hydrogen-bond acceptors (Lipinski definition) is 6. The maximum Gasteiger partial charge on any atom is 0.229 e. The summed E-state index contributed by atoms with van der Waals surface area (Å²) in [5.41, 5.74) is 2.20. The summed E-state index contributed by atoms with van der Waals surface area (Å²) >= 11 is 0. The summed E-state index contributed by atoms with van der Waals surface area (Å²) in [5.74, 6) is 3.06. The van der Waals surface area contributed by atoms with Gasteiger partial charge in [0.2, 0.25) is 11.8 Å². The van der Waals surface area contributed by atoms with Gasteiger partial charge in [-0.15, -0.1) is 0 Å². The first kappa shape index (κ1) is 18.4. The van der Waals surface area contributed by atoms with Crippen LogP contribution in [0.2, 0.25) is 0 Å². The summed E-state index contributed by atoms with van der Waals surface area (Å²) in [6, 6.07) is 8.11. The van der Waals surface area contributed by atoms with Gasteiger partial charge in [-0.05, 0) is 26.7 Å². The molecule has 3 aromatic rings. The average molecular weight is 380 g/mol. The molecule has 1 aromatic carbocycles. The van der Waals surface area contributed by atoms with Crippen LogP contribution in [0, 0.1) is 13.8 Å². The molecular weight excluding hydrogens is 356 g/mol. The van der Waals surface area contributed by atoms with Gasteiger partial charge in [0.15, 0.2) is 17.5 Å². The van der Waals surface area contributed by atoms with E-state index in [-0.39, 0.29) is 11.8 Å². The van der Waals surface area contributed by atoms with Crippen LogP contribution in [-0.2, 0) is 11.2 Å². The Labute approximate surface area is 163 Å². The highest BCUT2D eigenvalue weighted by Gasteiger charge is 2.27. The van der Waals surface area contributed by atoms with Crippen molar-refractivity contribution in [2.75, 3.05) is 13.1 Å². The van der Waals surface area contributed by atoms with Crippen molar-refractivity contribution in [3.8, 4) is 11.3 Å². The zero-order valence-corrected chi connectivity index (χ0v) is 16.2. The second-order valence-corrected chi connectivity index (χ2v) is 7.32. The number of aromatic nitrogens is 3. The molecular formula is C21H24N4O3. The normalized spacial score (nSPS) is 15.1. The molecule has 2 aromatic heterocycles. The third-order valence-electron chi connectivity index (χ3n) is 5.18. The predicted octanol–water partition coefficient (Wildman–Crippen LogP) is 3.68. The maximum atomic E-state index is 12.5. The van der Waals surface area contributed by atoms with Crippen molar-refractivity contribution in [3.05, 3.63) is 53.6 Å². The van der Waals surface area contributed by atoms with Gasteiger partial charge in [-0.25, -0.2) is 4.98 Å². The summed E-state index contributed by atoms with van der Waals surface area (Å²) in [6.07, 6.45) is 4.34. The molecule has 0 spiro atoms. The van der Waals surface area contributed by atoms with Gasteiger partial charge >= 0.3 is 0 Å². The Bertz CT molecular complexity index is 937. The Morgan fingerprint density at radius 2 is 1.93 bits per heavy atom. The third-order valence-corrected chi connectivity index (χ3v) is 5.18. The lowest BCUT2D eigenvalue weighted by Gasteiger charge is -2.30. The number of carbonyl (C=O) groups is 1. The summed E-state index contributed by atoms with van der Waals surface area (Å²) < 4.78 is 11.1. The van der Waals surface area contributed by atoms with E-state index < -0.39 is 0 Å². The molecule has 0 saturated carbocycles. The molecule has 146 valence electrons. The van der Waals surface area contributed by atoms with Crippen molar-refractivity contribution >= 4 is 5.91 Å². The van der Waals surface area contributed by atoms with Crippen molar-refractivity contribution in [1.82, 2.24) is 20.0 Å². The quantitative estimate of drug-likeness (QED) is 0.671. The minimum Gasteiger partial charge on any atom is -0.441 e. The molecule has 1 amide bonds. The Morgan fingerprint density at radius 3 is 2.61 bits per heavy atom. The van der Waals surface area contributed by atoms with Crippen LogP contribution in [0.1, 0.15) is 48.3 Å². The Morgan fingerprint density at radius 1 is 1.18 bits per heavy atom. The molecule has 4 rings (SSSR count). The number of piperidine rings is 1. The first-order valence-electron chi connectivity index (χ1n) is 9.68. The van der Waals surface area contributed by atoms with Gasteiger partial charge in [-0.3, -0.25) is 4.79 Å². The molecule has 0 N–H and O–H groups in total. The standard InChI is InChI=1S/C21H24N4O3/c1-14-3-5-16(6-4-14)18-13-22-19(27-18)7-8-20(26)25-11-9-17(10-12-25)21-23-15(2)24-28-21/h3-6,13,17H,7-12H2,1-2H3. The van der Waals surface area contributed by atoms with Gasteiger partial charge in [0.25, 0.3) is 0 Å². The molecule has 1 aliphatic rings. The van der Waals surface area contributed by atoms with Crippen LogP contribution in [0.3, 0.4) is 0 Å². The lowest BCUT2D eigenvalue weighted by molar-refractivity contribution is -0.132. The van der Waals surface area contributed by atoms with Crippen LogP contribution >= 0.6 is 0 Å². The van der Waals surface area contributed by atoms with Crippen molar-refractivity contribution in [2.24, 2.45) is 0 Å². The molecule has 0 aliphatic carbocycles. The summed E-state index contributed by atoms with van der Waals surface area (Å²) in [4.78, 5) is 23.1. The minimum absolute atomic E-state index is 0.134. The highest BCUT2D eigenvalue weighted by atomic mass is 16.5. The Kier molecular flexibility index (Phi) is 5.23. The molecule has 0 unspecified atom stereocenters. The summed E-state index contributed by atoms with van der Waals surface area (Å²) in [7, 11) is 0. The molecule has 7 heteroatoms. The highest BCUT2D eigenvalue weighted by Crippen LogP contribution is 2.27. The van der Waals surface area contributed by atoms with Gasteiger partial charge in [-0.1, -0.05) is 35.0 Å². The fourth-order valence-electron chi connectivity index (χ4n) is 3.50. The van der Waals surface area contributed by atoms with Crippen LogP contribution in [0.25, 0.3) is 11.3 Å². The van der Waals surface area contributed by atoms with E-state index in [1.807, 2.05) is 43.0 Å². The molecule has 1 aliphatic heterocycles. The number of carbonyl (C=O) groups excluding carboxylic acids is 1. The zero-order valence-electron chi connectivity index (χ0n) is 16.2. The predicted molar refractivity (Wildman–Crippen MR) is 103 cm³/mol. The third kappa shape index (κ3) is 4.13. The maximum absolute atomic E-state index is 12.5. The van der Waals surface area contributed by atoms with E-state index in [0.29, 0.717) is 43.5 Å². The van der Waals surface area contributed by atoms with Gasteiger partial charge in [0.05, 0.1) is 6.20 Å². The molecule has 0 atom stereocenters. The SMILES string of the molecule is Cc1ccc(-c2cnc(CCC(=O)N3CCC(c4nc(C)no4)CC3)o2)cc1. The van der Waals surface area contributed by atoms with Gasteiger partial charge in [0.1, 0.15) is 0 Å². The number of oxazole rings is 1. The topological polar surface area (TPSA) is 85.3 Å². The highest BCUT2D eigenvalue weighted by molar-refractivity contribution is 5.76. The Hall–Kier alpha value is -2.96. The lowest BCUT2D eigenvalue weighted by atomic mass is 9.96. The average Bonchev–Trinajstić information content (AvgIpc) is 3.36. The fourth-order valence-corrected chi connectivity index (χ4v) is 3.50. The van der Waals surface area contributed by atoms with Crippen LogP contribution in [-0.4, -0.2) is 39.0 Å². The monoisotopic (exact) mass is 380 g/mol. The van der Waals surface area contributed by atoms with Crippen LogP contribution < -0.4 is 0 Å². The van der Waals surface area contributed by atoms with Crippen molar-refractivity contribution < 1.29 is 13.7 Å². The van der Waals surface area contributed by atoms with Crippen molar-refractivity contribution in [1.29, 1.82) is 0 Å². The van der Waals surface area contributed by atoms with E-state index in [0.717, 1.165) is 24.2 Å². The number of hydrogen-bond donors (Lipinski definition) is 0. The van der Waals surface area contributed by atoms with Crippen LogP contribution in [0.5, 0.6) is 0 Å². The molecule has 1 saturated heterocycles. The van der Waals surface area contributed by atoms with E-state index in [2.05, 4.69) is 15.1 Å². The number of nitrogens with zero attached hydrogens (tertiary/aromatic N) is 4. The Balaban J connectivity index is 1.27. The summed E-state index contributed by atoms with van der Waals surface area (Å²) in [6.45, 7) is 5.29. The second-order valence-electron chi connectivity index (χ2n) is 7.32. The summed E-state index contributed by atoms with van der Waals surface area (Å²) in [5, 5.41) is 3.85. The van der Waals surface area contributed by atoms with Crippen LogP contribution in [0.15, 0.2) is 39.4 Å². The van der Waals surface area contributed by atoms with E-state index in [4.69, 9.17) is 8.94 Å². The van der Waals surface area contributed by atoms with Crippen molar-refractivity contribution in [2.45, 2.75) is 45.4 Å². The number of rotatable bonds is 5. The zero-order chi connectivity index (χ0) is 19.5. The van der Waals surface area contributed by atoms with Gasteiger partial charge in [0, 0.05) is 37.4 Å². The lowest BCUT2D eigenvalue weighted by Crippen LogP contribution is -2.38. The molecule has 0 bridgehead atoms. The molecule has 0 radical (unpaired) electrons. The number of amides is 1. The first-order chi connectivity index (χ1) is 13.6. The largest absolute Gasteiger partial charge is 0.441 e. The first-order valence-corrected chi connectivity index (χ1v) is 9.68. The fraction of sp³-hybridized carbons (Fsp3) is 0.429. The van der Waals surface area contributed by atoms with E-state index in [9.17, 15) is 4.79 Å². The smallest absolute Gasteiger partial charge is 0.229 e. The van der Waals surface area contributed by atoms with Gasteiger partial charge < -0.3 is 13.8 Å². The number of aryl methyl sites for hydroxylation is 3. The van der Waals surface area contributed by atoms with Crippen LogP contribution in [0.4, 0.5) is 0 Å². The second kappa shape index (κ2) is 7.96. The molecule has 1 fully saturated rings. The van der Waals surface area contributed by atoms with E-state index >= 15 is 0 Å². The number of benzene rings is 1. The molecule has 3 heterocycles.